The summed E-state index contributed by atoms with van der Waals surface area (Å²) in [6.07, 6.45) is 10.4. The second-order valence-corrected chi connectivity index (χ2v) is 3.91. The van der Waals surface area contributed by atoms with E-state index in [0.29, 0.717) is 5.92 Å². The Hall–Kier alpha value is -1.12. The van der Waals surface area contributed by atoms with Crippen molar-refractivity contribution in [3.8, 4) is 0 Å². The lowest BCUT2D eigenvalue weighted by Gasteiger charge is -2.20. The highest BCUT2D eigenvalue weighted by atomic mass is 15.0. The fraction of sp³-hybridized carbons (Fsp3) is 0.636. The van der Waals surface area contributed by atoms with Crippen molar-refractivity contribution >= 4 is 5.82 Å². The van der Waals surface area contributed by atoms with Crippen molar-refractivity contribution in [3.05, 3.63) is 18.1 Å². The summed E-state index contributed by atoms with van der Waals surface area (Å²) in [6.45, 7) is 0. The standard InChI is InChI=1S/C11H17N3/c1-12-11-8-13-10(7-14-11)9-5-3-2-4-6-9/h7-9H,2-6H2,1H3,(H,12,14). The van der Waals surface area contributed by atoms with Gasteiger partial charge >= 0.3 is 0 Å². The monoisotopic (exact) mass is 191 g/mol. The Morgan fingerprint density at radius 2 is 1.93 bits per heavy atom. The van der Waals surface area contributed by atoms with E-state index in [0.717, 1.165) is 5.82 Å². The normalized spacial score (nSPS) is 18.1. The molecule has 0 bridgehead atoms. The Morgan fingerprint density at radius 1 is 1.14 bits per heavy atom. The average Bonchev–Trinajstić information content (AvgIpc) is 2.30. The molecule has 1 aromatic rings. The van der Waals surface area contributed by atoms with Gasteiger partial charge in [-0.15, -0.1) is 0 Å². The molecule has 1 aliphatic rings. The van der Waals surface area contributed by atoms with Crippen LogP contribution in [0.15, 0.2) is 12.4 Å². The molecule has 1 aliphatic carbocycles. The number of anilines is 1. The van der Waals surface area contributed by atoms with Crippen LogP contribution in [0.4, 0.5) is 5.82 Å². The Bertz CT molecular complexity index is 275. The molecule has 1 N–H and O–H groups in total. The quantitative estimate of drug-likeness (QED) is 0.780. The first-order valence-corrected chi connectivity index (χ1v) is 5.40. The van der Waals surface area contributed by atoms with E-state index >= 15 is 0 Å². The summed E-state index contributed by atoms with van der Waals surface area (Å²) in [7, 11) is 1.87. The topological polar surface area (TPSA) is 37.8 Å². The number of hydrogen-bond acceptors (Lipinski definition) is 3. The van der Waals surface area contributed by atoms with Crippen molar-refractivity contribution in [2.45, 2.75) is 38.0 Å². The molecule has 0 radical (unpaired) electrons. The molecule has 1 saturated carbocycles. The van der Waals surface area contributed by atoms with Gasteiger partial charge in [-0.2, -0.15) is 0 Å². The molecule has 0 saturated heterocycles. The van der Waals surface area contributed by atoms with Gasteiger partial charge in [-0.1, -0.05) is 19.3 Å². The maximum Gasteiger partial charge on any atom is 0.144 e. The van der Waals surface area contributed by atoms with Gasteiger partial charge < -0.3 is 5.32 Å². The molecule has 0 spiro atoms. The van der Waals surface area contributed by atoms with Gasteiger partial charge in [0.2, 0.25) is 0 Å². The third-order valence-electron chi connectivity index (χ3n) is 2.95. The third-order valence-corrected chi connectivity index (χ3v) is 2.95. The molecule has 0 atom stereocenters. The highest BCUT2D eigenvalue weighted by Crippen LogP contribution is 2.31. The second-order valence-electron chi connectivity index (χ2n) is 3.91. The lowest BCUT2D eigenvalue weighted by atomic mass is 9.87. The minimum atomic E-state index is 0.655. The zero-order valence-electron chi connectivity index (χ0n) is 8.66. The molecule has 76 valence electrons. The van der Waals surface area contributed by atoms with Crippen molar-refractivity contribution < 1.29 is 0 Å². The molecule has 2 rings (SSSR count). The van der Waals surface area contributed by atoms with Crippen LogP contribution in [0.3, 0.4) is 0 Å². The Kier molecular flexibility index (Phi) is 2.96. The summed E-state index contributed by atoms with van der Waals surface area (Å²) in [5, 5.41) is 2.98. The number of rotatable bonds is 2. The number of hydrogen-bond donors (Lipinski definition) is 1. The van der Waals surface area contributed by atoms with Crippen LogP contribution < -0.4 is 5.32 Å². The van der Waals surface area contributed by atoms with E-state index in [2.05, 4.69) is 15.3 Å². The summed E-state index contributed by atoms with van der Waals surface area (Å²) in [5.41, 5.74) is 1.17. The molecule has 1 heterocycles. The predicted molar refractivity (Wildman–Crippen MR) is 57.4 cm³/mol. The van der Waals surface area contributed by atoms with E-state index in [1.165, 1.54) is 37.8 Å². The molecule has 14 heavy (non-hydrogen) atoms. The molecule has 0 amide bonds. The van der Waals surface area contributed by atoms with Crippen molar-refractivity contribution in [1.82, 2.24) is 9.97 Å². The third kappa shape index (κ3) is 2.03. The van der Waals surface area contributed by atoms with Crippen LogP contribution in [-0.2, 0) is 0 Å². The van der Waals surface area contributed by atoms with Crippen LogP contribution in [0.25, 0.3) is 0 Å². The van der Waals surface area contributed by atoms with E-state index < -0.39 is 0 Å². The Balaban J connectivity index is 2.07. The Morgan fingerprint density at radius 3 is 2.50 bits per heavy atom. The SMILES string of the molecule is CNc1cnc(C2CCCCC2)cn1. The maximum atomic E-state index is 4.45. The average molecular weight is 191 g/mol. The summed E-state index contributed by atoms with van der Waals surface area (Å²) in [6, 6.07) is 0. The van der Waals surface area contributed by atoms with Crippen LogP contribution in [0, 0.1) is 0 Å². The molecule has 1 fully saturated rings. The minimum Gasteiger partial charge on any atom is -0.372 e. The van der Waals surface area contributed by atoms with Gasteiger partial charge in [0, 0.05) is 13.0 Å². The van der Waals surface area contributed by atoms with Gasteiger partial charge in [0.25, 0.3) is 0 Å². The van der Waals surface area contributed by atoms with Crippen molar-refractivity contribution in [2.24, 2.45) is 0 Å². The Labute approximate surface area is 85.0 Å². The maximum absolute atomic E-state index is 4.45. The first-order valence-electron chi connectivity index (χ1n) is 5.40. The second kappa shape index (κ2) is 4.40. The molecule has 0 aromatic carbocycles. The van der Waals surface area contributed by atoms with E-state index in [9.17, 15) is 0 Å². The van der Waals surface area contributed by atoms with Crippen LogP contribution >= 0.6 is 0 Å². The molecular formula is C11H17N3. The molecule has 0 aliphatic heterocycles. The minimum absolute atomic E-state index is 0.655. The highest BCUT2D eigenvalue weighted by Gasteiger charge is 2.16. The molecular weight excluding hydrogens is 174 g/mol. The van der Waals surface area contributed by atoms with Crippen LogP contribution in [0.2, 0.25) is 0 Å². The predicted octanol–water partition coefficient (Wildman–Crippen LogP) is 2.57. The lowest BCUT2D eigenvalue weighted by molar-refractivity contribution is 0.436. The smallest absolute Gasteiger partial charge is 0.144 e. The van der Waals surface area contributed by atoms with Gasteiger partial charge in [-0.3, -0.25) is 4.98 Å². The zero-order chi connectivity index (χ0) is 9.80. The first kappa shape index (κ1) is 9.44. The summed E-state index contributed by atoms with van der Waals surface area (Å²) in [5.74, 6) is 1.51. The van der Waals surface area contributed by atoms with E-state index in [4.69, 9.17) is 0 Å². The van der Waals surface area contributed by atoms with E-state index in [1.54, 1.807) is 0 Å². The fourth-order valence-corrected chi connectivity index (χ4v) is 2.08. The fourth-order valence-electron chi connectivity index (χ4n) is 2.08. The number of nitrogens with one attached hydrogen (secondary N) is 1. The van der Waals surface area contributed by atoms with Crippen molar-refractivity contribution in [2.75, 3.05) is 12.4 Å². The van der Waals surface area contributed by atoms with E-state index in [-0.39, 0.29) is 0 Å². The summed E-state index contributed by atoms with van der Waals surface area (Å²) in [4.78, 5) is 8.75. The van der Waals surface area contributed by atoms with Crippen molar-refractivity contribution in [3.63, 3.8) is 0 Å². The largest absolute Gasteiger partial charge is 0.372 e. The molecule has 3 heteroatoms. The van der Waals surface area contributed by atoms with Crippen LogP contribution in [0.1, 0.15) is 43.7 Å². The van der Waals surface area contributed by atoms with Gasteiger partial charge in [0.15, 0.2) is 0 Å². The van der Waals surface area contributed by atoms with E-state index in [1.807, 2.05) is 19.4 Å². The lowest BCUT2D eigenvalue weighted by Crippen LogP contribution is -2.07. The number of nitrogens with zero attached hydrogens (tertiary/aromatic N) is 2. The van der Waals surface area contributed by atoms with Gasteiger partial charge in [0.1, 0.15) is 5.82 Å². The first-order chi connectivity index (χ1) is 6.90. The number of aromatic nitrogens is 2. The molecule has 1 aromatic heterocycles. The molecule has 0 unspecified atom stereocenters. The highest BCUT2D eigenvalue weighted by molar-refractivity contribution is 5.30. The van der Waals surface area contributed by atoms with Crippen molar-refractivity contribution in [1.29, 1.82) is 0 Å². The zero-order valence-corrected chi connectivity index (χ0v) is 8.66. The summed E-state index contributed by atoms with van der Waals surface area (Å²) >= 11 is 0. The van der Waals surface area contributed by atoms with Crippen LogP contribution in [-0.4, -0.2) is 17.0 Å². The van der Waals surface area contributed by atoms with Gasteiger partial charge in [-0.25, -0.2) is 4.98 Å². The van der Waals surface area contributed by atoms with Gasteiger partial charge in [0.05, 0.1) is 18.1 Å². The molecule has 3 nitrogen and oxygen atoms in total. The summed E-state index contributed by atoms with van der Waals surface area (Å²) < 4.78 is 0. The van der Waals surface area contributed by atoms with Crippen LogP contribution in [0.5, 0.6) is 0 Å². The van der Waals surface area contributed by atoms with Gasteiger partial charge in [-0.05, 0) is 12.8 Å².